The van der Waals surface area contributed by atoms with Crippen LogP contribution in [0.25, 0.3) is 0 Å². The van der Waals surface area contributed by atoms with Crippen LogP contribution in [-0.4, -0.2) is 14.8 Å². The van der Waals surface area contributed by atoms with Crippen molar-refractivity contribution < 1.29 is 0 Å². The fourth-order valence-electron chi connectivity index (χ4n) is 1.71. The number of hydrogen-bond donors (Lipinski definition) is 1. The standard InChI is InChI=1S/C12H15ClN4/c1-3-17-10(5-7-16-17)8-15-11-9(2)4-6-14-12(11)13/h4-7,15H,3,8H2,1-2H3. The van der Waals surface area contributed by atoms with Gasteiger partial charge in [-0.25, -0.2) is 4.98 Å². The lowest BCUT2D eigenvalue weighted by molar-refractivity contribution is 0.627. The first-order valence-electron chi connectivity index (χ1n) is 5.58. The molecule has 2 rings (SSSR count). The van der Waals surface area contributed by atoms with Crippen molar-refractivity contribution in [2.75, 3.05) is 5.32 Å². The average Bonchev–Trinajstić information content (AvgIpc) is 2.76. The summed E-state index contributed by atoms with van der Waals surface area (Å²) in [6, 6.07) is 3.93. The van der Waals surface area contributed by atoms with Crippen LogP contribution in [0.1, 0.15) is 18.2 Å². The molecule has 0 saturated heterocycles. The molecule has 0 atom stereocenters. The molecule has 0 fully saturated rings. The van der Waals surface area contributed by atoms with Crippen molar-refractivity contribution >= 4 is 17.3 Å². The van der Waals surface area contributed by atoms with Crippen molar-refractivity contribution in [2.24, 2.45) is 0 Å². The second-order valence-corrected chi connectivity index (χ2v) is 4.14. The number of halogens is 1. The second kappa shape index (κ2) is 5.19. The van der Waals surface area contributed by atoms with Crippen molar-refractivity contribution in [3.05, 3.63) is 40.9 Å². The zero-order valence-electron chi connectivity index (χ0n) is 9.94. The summed E-state index contributed by atoms with van der Waals surface area (Å²) >= 11 is 6.05. The molecule has 2 heterocycles. The number of rotatable bonds is 4. The normalized spacial score (nSPS) is 10.5. The first kappa shape index (κ1) is 11.9. The lowest BCUT2D eigenvalue weighted by atomic mass is 10.2. The van der Waals surface area contributed by atoms with E-state index < -0.39 is 0 Å². The van der Waals surface area contributed by atoms with E-state index >= 15 is 0 Å². The summed E-state index contributed by atoms with van der Waals surface area (Å²) in [4.78, 5) is 4.06. The zero-order valence-corrected chi connectivity index (χ0v) is 10.7. The smallest absolute Gasteiger partial charge is 0.152 e. The van der Waals surface area contributed by atoms with E-state index in [4.69, 9.17) is 11.6 Å². The van der Waals surface area contributed by atoms with Gasteiger partial charge in [0, 0.05) is 18.9 Å². The summed E-state index contributed by atoms with van der Waals surface area (Å²) in [5, 5.41) is 8.03. The maximum atomic E-state index is 6.05. The van der Waals surface area contributed by atoms with Gasteiger partial charge in [0.2, 0.25) is 0 Å². The van der Waals surface area contributed by atoms with Gasteiger partial charge in [0.1, 0.15) is 0 Å². The first-order chi connectivity index (χ1) is 8.22. The van der Waals surface area contributed by atoms with Gasteiger partial charge in [0.25, 0.3) is 0 Å². The van der Waals surface area contributed by atoms with Gasteiger partial charge >= 0.3 is 0 Å². The number of pyridine rings is 1. The van der Waals surface area contributed by atoms with Crippen LogP contribution in [-0.2, 0) is 13.1 Å². The average molecular weight is 251 g/mol. The molecule has 90 valence electrons. The Bertz CT molecular complexity index is 487. The van der Waals surface area contributed by atoms with Crippen LogP contribution >= 0.6 is 11.6 Å². The maximum Gasteiger partial charge on any atom is 0.152 e. The number of nitrogens with zero attached hydrogens (tertiary/aromatic N) is 3. The highest BCUT2D eigenvalue weighted by Gasteiger charge is 2.06. The van der Waals surface area contributed by atoms with Crippen molar-refractivity contribution in [2.45, 2.75) is 26.9 Å². The quantitative estimate of drug-likeness (QED) is 0.849. The monoisotopic (exact) mass is 250 g/mol. The predicted octanol–water partition coefficient (Wildman–Crippen LogP) is 2.87. The van der Waals surface area contributed by atoms with Gasteiger partial charge in [-0.1, -0.05) is 11.6 Å². The Morgan fingerprint density at radius 2 is 2.18 bits per heavy atom. The van der Waals surface area contributed by atoms with Crippen molar-refractivity contribution in [1.82, 2.24) is 14.8 Å². The highest BCUT2D eigenvalue weighted by Crippen LogP contribution is 2.23. The third-order valence-corrected chi connectivity index (χ3v) is 2.95. The van der Waals surface area contributed by atoms with Crippen LogP contribution < -0.4 is 5.32 Å². The summed E-state index contributed by atoms with van der Waals surface area (Å²) in [5.41, 5.74) is 3.11. The molecule has 0 unspecified atom stereocenters. The number of hydrogen-bond acceptors (Lipinski definition) is 3. The zero-order chi connectivity index (χ0) is 12.3. The molecular formula is C12H15ClN4. The lowest BCUT2D eigenvalue weighted by Gasteiger charge is -2.11. The molecule has 2 aromatic heterocycles. The van der Waals surface area contributed by atoms with Gasteiger partial charge in [-0.3, -0.25) is 4.68 Å². The van der Waals surface area contributed by atoms with Gasteiger partial charge in [-0.2, -0.15) is 5.10 Å². The molecule has 0 aliphatic rings. The summed E-state index contributed by atoms with van der Waals surface area (Å²) in [6.45, 7) is 5.63. The molecule has 5 heteroatoms. The van der Waals surface area contributed by atoms with E-state index in [0.29, 0.717) is 11.7 Å². The van der Waals surface area contributed by atoms with Gasteiger partial charge in [0.15, 0.2) is 5.15 Å². The van der Waals surface area contributed by atoms with Gasteiger partial charge in [0.05, 0.1) is 17.9 Å². The predicted molar refractivity (Wildman–Crippen MR) is 69.2 cm³/mol. The molecule has 0 saturated carbocycles. The molecule has 2 aromatic rings. The Balaban J connectivity index is 2.13. The largest absolute Gasteiger partial charge is 0.377 e. The summed E-state index contributed by atoms with van der Waals surface area (Å²) < 4.78 is 1.95. The molecule has 0 radical (unpaired) electrons. The molecule has 0 aliphatic heterocycles. The van der Waals surface area contributed by atoms with Crippen LogP contribution in [0.3, 0.4) is 0 Å². The topological polar surface area (TPSA) is 42.7 Å². The number of nitrogens with one attached hydrogen (secondary N) is 1. The van der Waals surface area contributed by atoms with E-state index in [1.807, 2.05) is 23.7 Å². The van der Waals surface area contributed by atoms with Crippen LogP contribution in [0, 0.1) is 6.92 Å². The van der Waals surface area contributed by atoms with Crippen LogP contribution in [0.15, 0.2) is 24.5 Å². The first-order valence-corrected chi connectivity index (χ1v) is 5.96. The van der Waals surface area contributed by atoms with Crippen molar-refractivity contribution in [3.8, 4) is 0 Å². The van der Waals surface area contributed by atoms with E-state index in [2.05, 4.69) is 22.3 Å². The van der Waals surface area contributed by atoms with Crippen molar-refractivity contribution in [3.63, 3.8) is 0 Å². The Hall–Kier alpha value is -1.55. The van der Waals surface area contributed by atoms with E-state index in [9.17, 15) is 0 Å². The molecule has 4 nitrogen and oxygen atoms in total. The minimum absolute atomic E-state index is 0.507. The Morgan fingerprint density at radius 3 is 2.88 bits per heavy atom. The summed E-state index contributed by atoms with van der Waals surface area (Å²) in [6.07, 6.45) is 3.51. The fourth-order valence-corrected chi connectivity index (χ4v) is 1.98. The third kappa shape index (κ3) is 2.58. The fraction of sp³-hybridized carbons (Fsp3) is 0.333. The van der Waals surface area contributed by atoms with Crippen LogP contribution in [0.4, 0.5) is 5.69 Å². The van der Waals surface area contributed by atoms with E-state index in [0.717, 1.165) is 23.5 Å². The minimum atomic E-state index is 0.507. The molecule has 17 heavy (non-hydrogen) atoms. The number of aromatic nitrogens is 3. The molecule has 0 amide bonds. The van der Waals surface area contributed by atoms with Crippen LogP contribution in [0.2, 0.25) is 5.15 Å². The Morgan fingerprint density at radius 1 is 1.35 bits per heavy atom. The second-order valence-electron chi connectivity index (χ2n) is 3.79. The number of anilines is 1. The third-order valence-electron chi connectivity index (χ3n) is 2.66. The molecular weight excluding hydrogens is 236 g/mol. The maximum absolute atomic E-state index is 6.05. The Labute approximate surface area is 106 Å². The SMILES string of the molecule is CCn1nccc1CNc1c(C)ccnc1Cl. The molecule has 0 bridgehead atoms. The van der Waals surface area contributed by atoms with Gasteiger partial charge in [-0.05, 0) is 31.5 Å². The summed E-state index contributed by atoms with van der Waals surface area (Å²) in [5.74, 6) is 0. The van der Waals surface area contributed by atoms with E-state index in [1.54, 1.807) is 12.4 Å². The molecule has 1 N–H and O–H groups in total. The van der Waals surface area contributed by atoms with Crippen molar-refractivity contribution in [1.29, 1.82) is 0 Å². The molecule has 0 aliphatic carbocycles. The van der Waals surface area contributed by atoms with E-state index in [1.165, 1.54) is 0 Å². The summed E-state index contributed by atoms with van der Waals surface area (Å²) in [7, 11) is 0. The van der Waals surface area contributed by atoms with E-state index in [-0.39, 0.29) is 0 Å². The van der Waals surface area contributed by atoms with Gasteiger partial charge < -0.3 is 5.32 Å². The highest BCUT2D eigenvalue weighted by molar-refractivity contribution is 6.32. The highest BCUT2D eigenvalue weighted by atomic mass is 35.5. The van der Waals surface area contributed by atoms with Crippen LogP contribution in [0.5, 0.6) is 0 Å². The molecule has 0 spiro atoms. The number of aryl methyl sites for hydroxylation is 2. The lowest BCUT2D eigenvalue weighted by Crippen LogP contribution is -2.09. The molecule has 0 aromatic carbocycles. The Kier molecular flexibility index (Phi) is 3.64. The minimum Gasteiger partial charge on any atom is -0.377 e. The van der Waals surface area contributed by atoms with Gasteiger partial charge in [-0.15, -0.1) is 0 Å².